The molecule has 0 N–H and O–H groups in total. The Morgan fingerprint density at radius 1 is 0.938 bits per heavy atom. The lowest BCUT2D eigenvalue weighted by Gasteiger charge is -2.21. The first-order chi connectivity index (χ1) is 15.2. The molecule has 9 heteroatoms. The van der Waals surface area contributed by atoms with E-state index in [0.29, 0.717) is 23.0 Å². The Morgan fingerprint density at radius 2 is 1.59 bits per heavy atom. The third kappa shape index (κ3) is 5.54. The second kappa shape index (κ2) is 10.3. The highest BCUT2D eigenvalue weighted by Gasteiger charge is 2.26. The Kier molecular flexibility index (Phi) is 7.66. The average Bonchev–Trinajstić information content (AvgIpc) is 2.80. The van der Waals surface area contributed by atoms with Crippen molar-refractivity contribution >= 4 is 44.8 Å². The molecule has 0 saturated heterocycles. The molecule has 1 amide bonds. The van der Waals surface area contributed by atoms with Crippen LogP contribution in [-0.2, 0) is 10.0 Å². The highest BCUT2D eigenvalue weighted by molar-refractivity contribution is 7.93. The van der Waals surface area contributed by atoms with Crippen LogP contribution in [0.25, 0.3) is 0 Å². The van der Waals surface area contributed by atoms with E-state index in [0.717, 1.165) is 4.31 Å². The van der Waals surface area contributed by atoms with E-state index in [9.17, 15) is 13.2 Å². The van der Waals surface area contributed by atoms with Crippen LogP contribution in [0.1, 0.15) is 10.4 Å². The number of carbonyl (C=O) groups excluding carboxylic acids is 1. The third-order valence-electron chi connectivity index (χ3n) is 4.79. The number of hydrogen-bond acceptors (Lipinski definition) is 4. The zero-order chi connectivity index (χ0) is 23.3. The number of anilines is 1. The maximum absolute atomic E-state index is 13.1. The Balaban J connectivity index is 1.73. The van der Waals surface area contributed by atoms with E-state index in [1.165, 1.54) is 30.1 Å². The highest BCUT2D eigenvalue weighted by atomic mass is 35.5. The molecule has 3 aromatic carbocycles. The Bertz CT molecular complexity index is 1190. The summed E-state index contributed by atoms with van der Waals surface area (Å²) in [7, 11) is -0.908. The number of ether oxygens (including phenoxy) is 1. The van der Waals surface area contributed by atoms with Gasteiger partial charge in [-0.3, -0.25) is 9.10 Å². The molecule has 168 valence electrons. The number of benzene rings is 3. The third-order valence-corrected chi connectivity index (χ3v) is 7.31. The fourth-order valence-corrected chi connectivity index (χ4v) is 4.73. The summed E-state index contributed by atoms with van der Waals surface area (Å²) in [6.45, 7) is 0.565. The van der Waals surface area contributed by atoms with Gasteiger partial charge in [0.05, 0.1) is 17.3 Å². The van der Waals surface area contributed by atoms with Gasteiger partial charge < -0.3 is 9.64 Å². The van der Waals surface area contributed by atoms with Gasteiger partial charge in [-0.05, 0) is 54.6 Å². The number of likely N-dealkylation sites (N-methyl/N-ethyl adjacent to an activating group) is 1. The first-order valence-corrected chi connectivity index (χ1v) is 11.9. The van der Waals surface area contributed by atoms with E-state index < -0.39 is 10.0 Å². The predicted molar refractivity (Wildman–Crippen MR) is 127 cm³/mol. The molecule has 0 saturated carbocycles. The predicted octanol–water partition coefficient (Wildman–Crippen LogP) is 4.97. The molecule has 6 nitrogen and oxygen atoms in total. The van der Waals surface area contributed by atoms with Gasteiger partial charge in [-0.1, -0.05) is 41.4 Å². The molecular weight excluding hydrogens is 471 g/mol. The van der Waals surface area contributed by atoms with Gasteiger partial charge in [-0.15, -0.1) is 0 Å². The van der Waals surface area contributed by atoms with E-state index in [2.05, 4.69) is 0 Å². The molecule has 3 aromatic rings. The molecule has 3 rings (SSSR count). The summed E-state index contributed by atoms with van der Waals surface area (Å²) < 4.78 is 33.0. The van der Waals surface area contributed by atoms with Gasteiger partial charge in [0.1, 0.15) is 17.3 Å². The summed E-state index contributed by atoms with van der Waals surface area (Å²) in [5.41, 5.74) is 0.695. The van der Waals surface area contributed by atoms with Crippen molar-refractivity contribution in [3.63, 3.8) is 0 Å². The van der Waals surface area contributed by atoms with Crippen LogP contribution in [0.5, 0.6) is 5.75 Å². The van der Waals surface area contributed by atoms with Crippen molar-refractivity contribution in [1.29, 1.82) is 0 Å². The first-order valence-electron chi connectivity index (χ1n) is 9.67. The molecule has 0 aliphatic rings. The molecule has 0 aliphatic carbocycles. The van der Waals surface area contributed by atoms with E-state index in [1.54, 1.807) is 61.6 Å². The Hall–Kier alpha value is -2.74. The van der Waals surface area contributed by atoms with Crippen LogP contribution in [0.15, 0.2) is 77.7 Å². The van der Waals surface area contributed by atoms with Crippen LogP contribution in [0.2, 0.25) is 10.0 Å². The van der Waals surface area contributed by atoms with Crippen LogP contribution in [0.4, 0.5) is 5.69 Å². The molecule has 32 heavy (non-hydrogen) atoms. The lowest BCUT2D eigenvalue weighted by molar-refractivity contribution is 0.0773. The maximum atomic E-state index is 13.1. The summed E-state index contributed by atoms with van der Waals surface area (Å²) in [5, 5.41) is 0.647. The van der Waals surface area contributed by atoms with Crippen LogP contribution in [0, 0.1) is 0 Å². The standard InChI is InChI=1S/C23H22Cl2N2O4S/c1-26(14-15-31-20-11-9-18(24)10-12-20)23(28)17-8-13-21(25)22(16-17)32(29,30)27(2)19-6-4-3-5-7-19/h3-13,16H,14-15H2,1-2H3. The molecule has 0 bridgehead atoms. The second-order valence-corrected chi connectivity index (χ2v) is 9.76. The fraction of sp³-hybridized carbons (Fsp3) is 0.174. The SMILES string of the molecule is CN(CCOc1ccc(Cl)cc1)C(=O)c1ccc(Cl)c(S(=O)(=O)N(C)c2ccccc2)c1. The van der Waals surface area contributed by atoms with E-state index in [4.69, 9.17) is 27.9 Å². The van der Waals surface area contributed by atoms with Gasteiger partial charge in [-0.25, -0.2) is 8.42 Å². The minimum Gasteiger partial charge on any atom is -0.492 e. The van der Waals surface area contributed by atoms with Gasteiger partial charge in [-0.2, -0.15) is 0 Å². The summed E-state index contributed by atoms with van der Waals surface area (Å²) in [4.78, 5) is 14.2. The second-order valence-electron chi connectivity index (χ2n) is 6.98. The van der Waals surface area contributed by atoms with Crippen molar-refractivity contribution < 1.29 is 17.9 Å². The molecular formula is C23H22Cl2N2O4S. The minimum atomic E-state index is -3.97. The van der Waals surface area contributed by atoms with Crippen LogP contribution < -0.4 is 9.04 Å². The summed E-state index contributed by atoms with van der Waals surface area (Å²) >= 11 is 12.1. The van der Waals surface area contributed by atoms with Crippen LogP contribution in [0.3, 0.4) is 0 Å². The number of sulfonamides is 1. The molecule has 0 aliphatic heterocycles. The number of para-hydroxylation sites is 1. The molecule has 0 radical (unpaired) electrons. The highest BCUT2D eigenvalue weighted by Crippen LogP contribution is 2.28. The van der Waals surface area contributed by atoms with Gasteiger partial charge >= 0.3 is 0 Å². The summed E-state index contributed by atoms with van der Waals surface area (Å²) in [6, 6.07) is 19.8. The maximum Gasteiger partial charge on any atom is 0.265 e. The van der Waals surface area contributed by atoms with Crippen molar-refractivity contribution in [1.82, 2.24) is 4.90 Å². The van der Waals surface area contributed by atoms with Crippen molar-refractivity contribution in [2.45, 2.75) is 4.90 Å². The molecule has 0 fully saturated rings. The first kappa shape index (κ1) is 23.9. The number of hydrogen-bond donors (Lipinski definition) is 0. The zero-order valence-corrected chi connectivity index (χ0v) is 19.9. The van der Waals surface area contributed by atoms with Gasteiger partial charge in [0.2, 0.25) is 0 Å². The van der Waals surface area contributed by atoms with E-state index in [1.807, 2.05) is 0 Å². The quantitative estimate of drug-likeness (QED) is 0.445. The van der Waals surface area contributed by atoms with Crippen molar-refractivity contribution in [3.8, 4) is 5.75 Å². The molecule has 0 heterocycles. The Labute approximate surface area is 198 Å². The largest absolute Gasteiger partial charge is 0.492 e. The zero-order valence-electron chi connectivity index (χ0n) is 17.5. The number of nitrogens with zero attached hydrogens (tertiary/aromatic N) is 2. The monoisotopic (exact) mass is 492 g/mol. The topological polar surface area (TPSA) is 66.9 Å². The fourth-order valence-electron chi connectivity index (χ4n) is 2.91. The minimum absolute atomic E-state index is 0.0399. The molecule has 0 unspecified atom stereocenters. The number of halogens is 2. The van der Waals surface area contributed by atoms with Gasteiger partial charge in [0, 0.05) is 24.7 Å². The number of carbonyl (C=O) groups is 1. The van der Waals surface area contributed by atoms with Crippen molar-refractivity contribution in [2.24, 2.45) is 0 Å². The smallest absolute Gasteiger partial charge is 0.265 e. The normalized spacial score (nSPS) is 11.1. The lowest BCUT2D eigenvalue weighted by Crippen LogP contribution is -2.31. The number of amides is 1. The molecule has 0 atom stereocenters. The summed E-state index contributed by atoms with van der Waals surface area (Å²) in [6.07, 6.45) is 0. The Morgan fingerprint density at radius 3 is 2.25 bits per heavy atom. The molecule has 0 aromatic heterocycles. The molecule has 0 spiro atoms. The van der Waals surface area contributed by atoms with E-state index >= 15 is 0 Å². The lowest BCUT2D eigenvalue weighted by atomic mass is 10.2. The van der Waals surface area contributed by atoms with Gasteiger partial charge in [0.25, 0.3) is 15.9 Å². The van der Waals surface area contributed by atoms with Crippen molar-refractivity contribution in [2.75, 3.05) is 31.6 Å². The van der Waals surface area contributed by atoms with E-state index in [-0.39, 0.29) is 28.0 Å². The average molecular weight is 493 g/mol. The summed E-state index contributed by atoms with van der Waals surface area (Å²) in [5.74, 6) is 0.291. The van der Waals surface area contributed by atoms with Crippen LogP contribution >= 0.6 is 23.2 Å². The van der Waals surface area contributed by atoms with Crippen LogP contribution in [-0.4, -0.2) is 46.5 Å². The number of rotatable bonds is 8. The van der Waals surface area contributed by atoms with Gasteiger partial charge in [0.15, 0.2) is 0 Å². The van der Waals surface area contributed by atoms with Crippen molar-refractivity contribution in [3.05, 3.63) is 88.4 Å².